The average molecular weight is 296 g/mol. The Bertz CT molecular complexity index is 507. The van der Waals surface area contributed by atoms with Gasteiger partial charge in [-0.3, -0.25) is 14.6 Å². The topological polar surface area (TPSA) is 85.1 Å². The standard InChI is InChI=1S/C14H18ClN3O2/c15-11-8-17-7-6-9(11)14(20)18-12-5-3-1-2-4-10(12)13(16)19/h6-8,10,12H,1-5H2,(H2,16,19)(H,18,20)/t10-,12-/m1/s1. The van der Waals surface area contributed by atoms with Gasteiger partial charge in [0, 0.05) is 18.4 Å². The van der Waals surface area contributed by atoms with Crippen LogP contribution in [0.3, 0.4) is 0 Å². The second kappa shape index (κ2) is 6.70. The number of carbonyl (C=O) groups is 2. The van der Waals surface area contributed by atoms with Crippen LogP contribution in [0.5, 0.6) is 0 Å². The highest BCUT2D eigenvalue weighted by Crippen LogP contribution is 2.24. The molecular weight excluding hydrogens is 278 g/mol. The van der Waals surface area contributed by atoms with Crippen LogP contribution in [0, 0.1) is 5.92 Å². The minimum Gasteiger partial charge on any atom is -0.369 e. The first-order valence-electron chi connectivity index (χ1n) is 6.79. The predicted molar refractivity (Wildman–Crippen MR) is 76.3 cm³/mol. The van der Waals surface area contributed by atoms with E-state index in [4.69, 9.17) is 17.3 Å². The number of nitrogens with one attached hydrogen (secondary N) is 1. The van der Waals surface area contributed by atoms with Gasteiger partial charge >= 0.3 is 0 Å². The van der Waals surface area contributed by atoms with Gasteiger partial charge < -0.3 is 11.1 Å². The number of aromatic nitrogens is 1. The third-order valence-electron chi connectivity index (χ3n) is 3.71. The molecule has 1 heterocycles. The van der Waals surface area contributed by atoms with Gasteiger partial charge in [0.15, 0.2) is 0 Å². The fourth-order valence-electron chi connectivity index (χ4n) is 2.63. The van der Waals surface area contributed by atoms with Gasteiger partial charge in [0.05, 0.1) is 16.5 Å². The molecule has 108 valence electrons. The summed E-state index contributed by atoms with van der Waals surface area (Å²) in [6.07, 6.45) is 7.45. The van der Waals surface area contributed by atoms with Crippen LogP contribution in [0.2, 0.25) is 5.02 Å². The van der Waals surface area contributed by atoms with Crippen LogP contribution in [0.15, 0.2) is 18.5 Å². The lowest BCUT2D eigenvalue weighted by molar-refractivity contribution is -0.122. The van der Waals surface area contributed by atoms with E-state index in [1.165, 1.54) is 12.4 Å². The Kier molecular flexibility index (Phi) is 4.95. The number of carbonyl (C=O) groups excluding carboxylic acids is 2. The van der Waals surface area contributed by atoms with Gasteiger partial charge in [-0.1, -0.05) is 30.9 Å². The molecule has 6 heteroatoms. The number of rotatable bonds is 3. The van der Waals surface area contributed by atoms with Crippen molar-refractivity contribution in [2.24, 2.45) is 11.7 Å². The fourth-order valence-corrected chi connectivity index (χ4v) is 2.83. The molecule has 0 saturated heterocycles. The maximum absolute atomic E-state index is 12.2. The SMILES string of the molecule is NC(=O)[C@@H]1CCCCC[C@H]1NC(=O)c1ccncc1Cl. The molecule has 3 N–H and O–H groups in total. The molecule has 1 aliphatic carbocycles. The lowest BCUT2D eigenvalue weighted by Crippen LogP contribution is -2.45. The predicted octanol–water partition coefficient (Wildman–Crippen LogP) is 1.90. The zero-order valence-corrected chi connectivity index (χ0v) is 11.9. The van der Waals surface area contributed by atoms with Crippen LogP contribution in [-0.2, 0) is 4.79 Å². The number of halogens is 1. The molecule has 1 saturated carbocycles. The van der Waals surface area contributed by atoms with E-state index < -0.39 is 0 Å². The minimum atomic E-state index is -0.349. The number of primary amides is 1. The van der Waals surface area contributed by atoms with Crippen molar-refractivity contribution in [2.75, 3.05) is 0 Å². The van der Waals surface area contributed by atoms with Gasteiger partial charge in [-0.05, 0) is 18.9 Å². The van der Waals surface area contributed by atoms with Crippen LogP contribution >= 0.6 is 11.6 Å². The summed E-state index contributed by atoms with van der Waals surface area (Å²) >= 11 is 5.95. The molecule has 2 atom stereocenters. The van der Waals surface area contributed by atoms with Gasteiger partial charge in [0.25, 0.3) is 5.91 Å². The Balaban J connectivity index is 2.12. The van der Waals surface area contributed by atoms with Gasteiger partial charge in [0.1, 0.15) is 0 Å². The van der Waals surface area contributed by atoms with E-state index in [1.807, 2.05) is 0 Å². The monoisotopic (exact) mass is 295 g/mol. The Morgan fingerprint density at radius 3 is 2.75 bits per heavy atom. The second-order valence-electron chi connectivity index (χ2n) is 5.08. The summed E-state index contributed by atoms with van der Waals surface area (Å²) in [6, 6.07) is 1.35. The molecule has 1 aliphatic rings. The fraction of sp³-hybridized carbons (Fsp3) is 0.500. The summed E-state index contributed by atoms with van der Waals surface area (Å²) in [7, 11) is 0. The van der Waals surface area contributed by atoms with E-state index in [1.54, 1.807) is 6.07 Å². The molecule has 0 radical (unpaired) electrons. The highest BCUT2D eigenvalue weighted by atomic mass is 35.5. The van der Waals surface area contributed by atoms with Gasteiger partial charge in [-0.2, -0.15) is 0 Å². The zero-order chi connectivity index (χ0) is 14.5. The number of nitrogens with two attached hydrogens (primary N) is 1. The molecule has 1 fully saturated rings. The van der Waals surface area contributed by atoms with Crippen molar-refractivity contribution in [3.8, 4) is 0 Å². The van der Waals surface area contributed by atoms with Crippen molar-refractivity contribution < 1.29 is 9.59 Å². The number of nitrogens with zero attached hydrogens (tertiary/aromatic N) is 1. The Morgan fingerprint density at radius 1 is 1.30 bits per heavy atom. The van der Waals surface area contributed by atoms with Crippen LogP contribution in [-0.4, -0.2) is 22.8 Å². The molecule has 1 aromatic rings. The van der Waals surface area contributed by atoms with Crippen LogP contribution in [0.4, 0.5) is 0 Å². The maximum atomic E-state index is 12.2. The van der Waals surface area contributed by atoms with Crippen molar-refractivity contribution in [1.82, 2.24) is 10.3 Å². The summed E-state index contributed by atoms with van der Waals surface area (Å²) in [4.78, 5) is 27.6. The highest BCUT2D eigenvalue weighted by molar-refractivity contribution is 6.33. The molecule has 1 aromatic heterocycles. The van der Waals surface area contributed by atoms with Crippen molar-refractivity contribution in [3.63, 3.8) is 0 Å². The molecule has 20 heavy (non-hydrogen) atoms. The summed E-state index contributed by atoms with van der Waals surface area (Å²) < 4.78 is 0. The Hall–Kier alpha value is -1.62. The van der Waals surface area contributed by atoms with Crippen molar-refractivity contribution in [3.05, 3.63) is 29.0 Å². The molecule has 0 spiro atoms. The lowest BCUT2D eigenvalue weighted by atomic mass is 9.94. The first-order chi connectivity index (χ1) is 9.59. The van der Waals surface area contributed by atoms with E-state index in [9.17, 15) is 9.59 Å². The van der Waals surface area contributed by atoms with Crippen LogP contribution in [0.1, 0.15) is 42.5 Å². The Morgan fingerprint density at radius 2 is 2.05 bits per heavy atom. The number of amides is 2. The van der Waals surface area contributed by atoms with Crippen molar-refractivity contribution in [1.29, 1.82) is 0 Å². The molecule has 0 aliphatic heterocycles. The summed E-state index contributed by atoms with van der Waals surface area (Å²) in [5, 5.41) is 3.20. The maximum Gasteiger partial charge on any atom is 0.253 e. The number of hydrogen-bond donors (Lipinski definition) is 2. The first kappa shape index (κ1) is 14.8. The van der Waals surface area contributed by atoms with Gasteiger partial charge in [-0.25, -0.2) is 0 Å². The quantitative estimate of drug-likeness (QED) is 0.835. The van der Waals surface area contributed by atoms with E-state index in [2.05, 4.69) is 10.3 Å². The molecule has 5 nitrogen and oxygen atoms in total. The average Bonchev–Trinajstić information content (AvgIpc) is 2.64. The highest BCUT2D eigenvalue weighted by Gasteiger charge is 2.29. The van der Waals surface area contributed by atoms with E-state index in [0.29, 0.717) is 10.6 Å². The number of hydrogen-bond acceptors (Lipinski definition) is 3. The molecule has 0 aromatic carbocycles. The minimum absolute atomic E-state index is 0.216. The van der Waals surface area contributed by atoms with E-state index in [-0.39, 0.29) is 23.8 Å². The largest absolute Gasteiger partial charge is 0.369 e. The molecule has 2 amide bonds. The third kappa shape index (κ3) is 3.48. The first-order valence-corrected chi connectivity index (χ1v) is 7.17. The smallest absolute Gasteiger partial charge is 0.253 e. The molecule has 0 bridgehead atoms. The molecular formula is C14H18ClN3O2. The summed E-state index contributed by atoms with van der Waals surface area (Å²) in [6.45, 7) is 0. The van der Waals surface area contributed by atoms with Crippen LogP contribution in [0.25, 0.3) is 0 Å². The Labute approximate surface area is 122 Å². The zero-order valence-electron chi connectivity index (χ0n) is 11.1. The normalized spacial score (nSPS) is 22.9. The van der Waals surface area contributed by atoms with Crippen molar-refractivity contribution >= 4 is 23.4 Å². The number of pyridine rings is 1. The van der Waals surface area contributed by atoms with Crippen molar-refractivity contribution in [2.45, 2.75) is 38.1 Å². The third-order valence-corrected chi connectivity index (χ3v) is 4.02. The summed E-state index contributed by atoms with van der Waals surface area (Å²) in [5.41, 5.74) is 5.81. The molecule has 2 rings (SSSR count). The van der Waals surface area contributed by atoms with Crippen LogP contribution < -0.4 is 11.1 Å². The van der Waals surface area contributed by atoms with E-state index >= 15 is 0 Å². The molecule has 0 unspecified atom stereocenters. The second-order valence-corrected chi connectivity index (χ2v) is 5.49. The van der Waals surface area contributed by atoms with E-state index in [0.717, 1.165) is 32.1 Å². The van der Waals surface area contributed by atoms with Gasteiger partial charge in [-0.15, -0.1) is 0 Å². The van der Waals surface area contributed by atoms with Gasteiger partial charge in [0.2, 0.25) is 5.91 Å². The summed E-state index contributed by atoms with van der Waals surface area (Å²) in [5.74, 6) is -0.935. The lowest BCUT2D eigenvalue weighted by Gasteiger charge is -2.23.